The van der Waals surface area contributed by atoms with E-state index in [4.69, 9.17) is 0 Å². The van der Waals surface area contributed by atoms with Crippen LogP contribution < -0.4 is 10.6 Å². The van der Waals surface area contributed by atoms with Crippen LogP contribution in [0.2, 0.25) is 0 Å². The second-order valence-corrected chi connectivity index (χ2v) is 4.90. The minimum absolute atomic E-state index is 0.371. The SMILES string of the molecule is O=C(NCC1CCCC1)C(=O)N1CCNCC1. The summed E-state index contributed by atoms with van der Waals surface area (Å²) in [7, 11) is 0. The number of nitrogens with zero attached hydrogens (tertiary/aromatic N) is 1. The van der Waals surface area contributed by atoms with Gasteiger partial charge in [-0.2, -0.15) is 0 Å². The van der Waals surface area contributed by atoms with Crippen molar-refractivity contribution in [1.82, 2.24) is 15.5 Å². The van der Waals surface area contributed by atoms with E-state index in [0.29, 0.717) is 25.6 Å². The fraction of sp³-hybridized carbons (Fsp3) is 0.833. The van der Waals surface area contributed by atoms with Crippen LogP contribution in [0, 0.1) is 5.92 Å². The highest BCUT2D eigenvalue weighted by molar-refractivity contribution is 6.35. The molecule has 1 aliphatic carbocycles. The fourth-order valence-corrected chi connectivity index (χ4v) is 2.54. The molecule has 0 radical (unpaired) electrons. The molecule has 0 aromatic carbocycles. The zero-order valence-corrected chi connectivity index (χ0v) is 10.2. The Kier molecular flexibility index (Phi) is 4.36. The average Bonchev–Trinajstić information content (AvgIpc) is 2.89. The summed E-state index contributed by atoms with van der Waals surface area (Å²) >= 11 is 0. The normalized spacial score (nSPS) is 21.5. The van der Waals surface area contributed by atoms with Gasteiger partial charge >= 0.3 is 11.8 Å². The summed E-state index contributed by atoms with van der Waals surface area (Å²) in [6, 6.07) is 0. The van der Waals surface area contributed by atoms with E-state index in [1.165, 1.54) is 25.7 Å². The second-order valence-electron chi connectivity index (χ2n) is 4.90. The van der Waals surface area contributed by atoms with Gasteiger partial charge in [-0.3, -0.25) is 9.59 Å². The summed E-state index contributed by atoms with van der Waals surface area (Å²) < 4.78 is 0. The Bertz CT molecular complexity index is 281. The van der Waals surface area contributed by atoms with Crippen molar-refractivity contribution in [2.45, 2.75) is 25.7 Å². The van der Waals surface area contributed by atoms with Crippen LogP contribution in [-0.4, -0.2) is 49.4 Å². The largest absolute Gasteiger partial charge is 0.348 e. The van der Waals surface area contributed by atoms with Crippen LogP contribution in [0.3, 0.4) is 0 Å². The summed E-state index contributed by atoms with van der Waals surface area (Å²) in [4.78, 5) is 25.1. The van der Waals surface area contributed by atoms with Gasteiger partial charge in [-0.1, -0.05) is 12.8 Å². The third-order valence-electron chi connectivity index (χ3n) is 3.62. The van der Waals surface area contributed by atoms with Crippen LogP contribution in [0.4, 0.5) is 0 Å². The van der Waals surface area contributed by atoms with Crippen LogP contribution in [-0.2, 0) is 9.59 Å². The summed E-state index contributed by atoms with van der Waals surface area (Å²) in [5, 5.41) is 5.93. The highest BCUT2D eigenvalue weighted by atomic mass is 16.2. The summed E-state index contributed by atoms with van der Waals surface area (Å²) in [5.74, 6) is -0.224. The maximum Gasteiger partial charge on any atom is 0.311 e. The van der Waals surface area contributed by atoms with Crippen LogP contribution in [0.15, 0.2) is 0 Å². The lowest BCUT2D eigenvalue weighted by molar-refractivity contribution is -0.146. The molecule has 96 valence electrons. The van der Waals surface area contributed by atoms with E-state index < -0.39 is 5.91 Å². The molecule has 17 heavy (non-hydrogen) atoms. The molecule has 0 bridgehead atoms. The molecule has 1 aliphatic heterocycles. The zero-order chi connectivity index (χ0) is 12.1. The number of amides is 2. The molecule has 0 aromatic heterocycles. The van der Waals surface area contributed by atoms with Crippen molar-refractivity contribution in [3.8, 4) is 0 Å². The Morgan fingerprint density at radius 2 is 1.82 bits per heavy atom. The molecule has 0 atom stereocenters. The molecule has 0 unspecified atom stereocenters. The first-order valence-electron chi connectivity index (χ1n) is 6.55. The van der Waals surface area contributed by atoms with Gasteiger partial charge in [0.15, 0.2) is 0 Å². The van der Waals surface area contributed by atoms with Gasteiger partial charge < -0.3 is 15.5 Å². The second kappa shape index (κ2) is 6.00. The van der Waals surface area contributed by atoms with Crippen molar-refractivity contribution in [3.63, 3.8) is 0 Å². The van der Waals surface area contributed by atoms with Gasteiger partial charge in [0.2, 0.25) is 0 Å². The smallest absolute Gasteiger partial charge is 0.311 e. The van der Waals surface area contributed by atoms with Crippen LogP contribution in [0.25, 0.3) is 0 Å². The molecule has 2 amide bonds. The summed E-state index contributed by atoms with van der Waals surface area (Å²) in [6.07, 6.45) is 4.88. The van der Waals surface area contributed by atoms with E-state index >= 15 is 0 Å². The number of carbonyl (C=O) groups excluding carboxylic acids is 2. The Morgan fingerprint density at radius 3 is 2.47 bits per heavy atom. The van der Waals surface area contributed by atoms with E-state index in [1.54, 1.807) is 4.90 Å². The first-order valence-corrected chi connectivity index (χ1v) is 6.55. The van der Waals surface area contributed by atoms with Gasteiger partial charge in [0.25, 0.3) is 0 Å². The van der Waals surface area contributed by atoms with E-state index in [-0.39, 0.29) is 5.91 Å². The monoisotopic (exact) mass is 239 g/mol. The Labute approximate surface area is 102 Å². The van der Waals surface area contributed by atoms with E-state index in [9.17, 15) is 9.59 Å². The molecule has 0 spiro atoms. The lowest BCUT2D eigenvalue weighted by atomic mass is 10.1. The number of rotatable bonds is 2. The lowest BCUT2D eigenvalue weighted by Crippen LogP contribution is -2.51. The molecule has 0 aromatic rings. The van der Waals surface area contributed by atoms with Gasteiger partial charge in [-0.05, 0) is 18.8 Å². The zero-order valence-electron chi connectivity index (χ0n) is 10.2. The molecule has 5 nitrogen and oxygen atoms in total. The molecule has 1 heterocycles. The number of piperazine rings is 1. The van der Waals surface area contributed by atoms with Crippen LogP contribution >= 0.6 is 0 Å². The highest BCUT2D eigenvalue weighted by Crippen LogP contribution is 2.23. The topological polar surface area (TPSA) is 61.4 Å². The highest BCUT2D eigenvalue weighted by Gasteiger charge is 2.24. The van der Waals surface area contributed by atoms with Crippen molar-refractivity contribution in [2.75, 3.05) is 32.7 Å². The lowest BCUT2D eigenvalue weighted by Gasteiger charge is -2.26. The first kappa shape index (κ1) is 12.4. The number of hydrogen-bond donors (Lipinski definition) is 2. The Morgan fingerprint density at radius 1 is 1.18 bits per heavy atom. The predicted octanol–water partition coefficient (Wildman–Crippen LogP) is -0.275. The number of carbonyl (C=O) groups is 2. The van der Waals surface area contributed by atoms with E-state index in [2.05, 4.69) is 10.6 Å². The van der Waals surface area contributed by atoms with E-state index in [1.807, 2.05) is 0 Å². The molecular formula is C12H21N3O2. The van der Waals surface area contributed by atoms with Crippen molar-refractivity contribution in [3.05, 3.63) is 0 Å². The van der Waals surface area contributed by atoms with Gasteiger partial charge in [0.1, 0.15) is 0 Å². The first-order chi connectivity index (χ1) is 8.27. The van der Waals surface area contributed by atoms with Gasteiger partial charge in [-0.15, -0.1) is 0 Å². The summed E-state index contributed by atoms with van der Waals surface area (Å²) in [5.41, 5.74) is 0. The molecule has 2 rings (SSSR count). The Balaban J connectivity index is 1.72. The van der Waals surface area contributed by atoms with Crippen LogP contribution in [0.1, 0.15) is 25.7 Å². The maximum atomic E-state index is 11.8. The van der Waals surface area contributed by atoms with Crippen molar-refractivity contribution in [1.29, 1.82) is 0 Å². The molecule has 1 saturated carbocycles. The number of nitrogens with one attached hydrogen (secondary N) is 2. The predicted molar refractivity (Wildman–Crippen MR) is 64.4 cm³/mol. The quantitative estimate of drug-likeness (QED) is 0.652. The minimum atomic E-state index is -0.432. The van der Waals surface area contributed by atoms with Gasteiger partial charge in [-0.25, -0.2) is 0 Å². The fourth-order valence-electron chi connectivity index (χ4n) is 2.54. The Hall–Kier alpha value is -1.10. The van der Waals surface area contributed by atoms with E-state index in [0.717, 1.165) is 13.1 Å². The number of hydrogen-bond acceptors (Lipinski definition) is 3. The van der Waals surface area contributed by atoms with Crippen molar-refractivity contribution < 1.29 is 9.59 Å². The molecular weight excluding hydrogens is 218 g/mol. The molecule has 1 saturated heterocycles. The molecule has 2 aliphatic rings. The van der Waals surface area contributed by atoms with Crippen molar-refractivity contribution >= 4 is 11.8 Å². The third kappa shape index (κ3) is 3.43. The average molecular weight is 239 g/mol. The van der Waals surface area contributed by atoms with Crippen molar-refractivity contribution in [2.24, 2.45) is 5.92 Å². The van der Waals surface area contributed by atoms with Crippen LogP contribution in [0.5, 0.6) is 0 Å². The van der Waals surface area contributed by atoms with Gasteiger partial charge in [0.05, 0.1) is 0 Å². The molecule has 5 heteroatoms. The standard InChI is InChI=1S/C12H21N3O2/c16-11(14-9-10-3-1-2-4-10)12(17)15-7-5-13-6-8-15/h10,13H,1-9H2,(H,14,16). The van der Waals surface area contributed by atoms with Gasteiger partial charge in [0, 0.05) is 32.7 Å². The maximum absolute atomic E-state index is 11.8. The minimum Gasteiger partial charge on any atom is -0.348 e. The molecule has 2 N–H and O–H groups in total. The summed E-state index contributed by atoms with van der Waals surface area (Å²) in [6.45, 7) is 3.49. The molecule has 2 fully saturated rings. The third-order valence-corrected chi connectivity index (χ3v) is 3.62.